The van der Waals surface area contributed by atoms with Gasteiger partial charge in [-0.3, -0.25) is 10.2 Å². The molecule has 0 radical (unpaired) electrons. The highest BCUT2D eigenvalue weighted by Crippen LogP contribution is 2.25. The maximum absolute atomic E-state index is 11.9. The monoisotopic (exact) mass is 289 g/mol. The molecule has 0 aliphatic rings. The average molecular weight is 289 g/mol. The fraction of sp³-hybridized carbons (Fsp3) is 0.200. The molecule has 0 aromatic heterocycles. The molecular weight excluding hydrogens is 279 g/mol. The molecule has 0 aliphatic carbocycles. The Balaban J connectivity index is 2.79. The van der Waals surface area contributed by atoms with E-state index in [2.05, 4.69) is 15.0 Å². The third kappa shape index (κ3) is 4.92. The molecule has 0 heterocycles. The quantitative estimate of drug-likeness (QED) is 0.431. The van der Waals surface area contributed by atoms with Gasteiger partial charge in [0.1, 0.15) is 11.6 Å². The molecule has 1 aromatic rings. The van der Waals surface area contributed by atoms with Crippen molar-refractivity contribution in [2.24, 2.45) is 21.7 Å². The van der Waals surface area contributed by atoms with E-state index < -0.39 is 29.9 Å². The first-order valence-electron chi connectivity index (χ1n) is 5.09. The van der Waals surface area contributed by atoms with Gasteiger partial charge in [-0.15, -0.1) is 13.2 Å². The number of nitrogens with two attached hydrogens (primary N) is 2. The number of amides is 1. The van der Waals surface area contributed by atoms with E-state index in [1.54, 1.807) is 0 Å². The summed E-state index contributed by atoms with van der Waals surface area (Å²) in [5.74, 6) is -1.97. The number of halogens is 3. The predicted octanol–water partition coefficient (Wildman–Crippen LogP) is 1.46. The van der Waals surface area contributed by atoms with Gasteiger partial charge in [0.25, 0.3) is 5.91 Å². The van der Waals surface area contributed by atoms with Crippen molar-refractivity contribution in [2.75, 3.05) is 0 Å². The number of ether oxygens (including phenoxy) is 1. The molecule has 10 heteroatoms. The molecule has 0 spiro atoms. The Morgan fingerprint density at radius 3 is 2.20 bits per heavy atom. The SMILES string of the molecule is N=C(N)[C@H](N=Nc1ccc(OC(F)(F)F)cc1)C(N)=O. The Kier molecular flexibility index (Phi) is 4.62. The van der Waals surface area contributed by atoms with Crippen LogP contribution in [0.5, 0.6) is 5.75 Å². The molecule has 1 rings (SSSR count). The fourth-order valence-electron chi connectivity index (χ4n) is 1.11. The lowest BCUT2D eigenvalue weighted by Crippen LogP contribution is -2.38. The Hall–Kier alpha value is -2.65. The second-order valence-electron chi connectivity index (χ2n) is 3.52. The molecule has 0 saturated carbocycles. The third-order valence-electron chi connectivity index (χ3n) is 1.92. The zero-order chi connectivity index (χ0) is 15.3. The van der Waals surface area contributed by atoms with Crippen LogP contribution in [-0.4, -0.2) is 24.1 Å². The number of benzene rings is 1. The summed E-state index contributed by atoms with van der Waals surface area (Å²) in [6, 6.07) is 3.00. The Morgan fingerprint density at radius 1 is 1.25 bits per heavy atom. The van der Waals surface area contributed by atoms with Gasteiger partial charge in [0.15, 0.2) is 0 Å². The van der Waals surface area contributed by atoms with E-state index in [-0.39, 0.29) is 5.69 Å². The van der Waals surface area contributed by atoms with E-state index in [1.807, 2.05) is 0 Å². The Labute approximate surface area is 110 Å². The number of alkyl halides is 3. The van der Waals surface area contributed by atoms with E-state index >= 15 is 0 Å². The van der Waals surface area contributed by atoms with Gasteiger partial charge in [0.05, 0.1) is 5.69 Å². The highest BCUT2D eigenvalue weighted by Gasteiger charge is 2.30. The van der Waals surface area contributed by atoms with Crippen molar-refractivity contribution in [3.05, 3.63) is 24.3 Å². The van der Waals surface area contributed by atoms with E-state index in [4.69, 9.17) is 16.9 Å². The number of rotatable bonds is 5. The Morgan fingerprint density at radius 2 is 1.80 bits per heavy atom. The van der Waals surface area contributed by atoms with Gasteiger partial charge in [-0.1, -0.05) is 0 Å². The van der Waals surface area contributed by atoms with Gasteiger partial charge in [-0.25, -0.2) is 0 Å². The number of carbonyl (C=O) groups is 1. The van der Waals surface area contributed by atoms with E-state index in [1.165, 1.54) is 12.1 Å². The summed E-state index contributed by atoms with van der Waals surface area (Å²) in [7, 11) is 0. The second kappa shape index (κ2) is 5.99. The number of carbonyl (C=O) groups excluding carboxylic acids is 1. The maximum Gasteiger partial charge on any atom is 0.573 e. The summed E-state index contributed by atoms with van der Waals surface area (Å²) in [6.07, 6.45) is -4.78. The molecular formula is C10H10F3N5O2. The first kappa shape index (κ1) is 15.4. The Bertz CT molecular complexity index is 513. The van der Waals surface area contributed by atoms with Crippen LogP contribution in [-0.2, 0) is 4.79 Å². The van der Waals surface area contributed by atoms with Gasteiger partial charge in [0.2, 0.25) is 6.04 Å². The van der Waals surface area contributed by atoms with Crippen LogP contribution in [0.3, 0.4) is 0 Å². The zero-order valence-electron chi connectivity index (χ0n) is 9.89. The van der Waals surface area contributed by atoms with Crippen molar-refractivity contribution in [2.45, 2.75) is 12.4 Å². The molecule has 0 saturated heterocycles. The molecule has 0 unspecified atom stereocenters. The number of hydrogen-bond donors (Lipinski definition) is 3. The normalized spacial score (nSPS) is 13.2. The molecule has 0 aliphatic heterocycles. The maximum atomic E-state index is 11.9. The van der Waals surface area contributed by atoms with Crippen molar-refractivity contribution < 1.29 is 22.7 Å². The number of azo groups is 1. The van der Waals surface area contributed by atoms with Crippen LogP contribution in [0.4, 0.5) is 18.9 Å². The minimum absolute atomic E-state index is 0.145. The van der Waals surface area contributed by atoms with Crippen molar-refractivity contribution in [1.82, 2.24) is 0 Å². The molecule has 5 N–H and O–H groups in total. The van der Waals surface area contributed by atoms with Crippen LogP contribution in [0.25, 0.3) is 0 Å². The van der Waals surface area contributed by atoms with Crippen molar-refractivity contribution in [3.63, 3.8) is 0 Å². The summed E-state index contributed by atoms with van der Waals surface area (Å²) in [4.78, 5) is 10.9. The number of amidine groups is 1. The molecule has 0 fully saturated rings. The molecule has 1 aromatic carbocycles. The zero-order valence-corrected chi connectivity index (χ0v) is 9.89. The van der Waals surface area contributed by atoms with Crippen LogP contribution in [0.1, 0.15) is 0 Å². The highest BCUT2D eigenvalue weighted by molar-refractivity contribution is 6.04. The van der Waals surface area contributed by atoms with Crippen LogP contribution in [0.2, 0.25) is 0 Å². The van der Waals surface area contributed by atoms with E-state index in [9.17, 15) is 18.0 Å². The van der Waals surface area contributed by atoms with Crippen molar-refractivity contribution >= 4 is 17.4 Å². The topological polar surface area (TPSA) is 127 Å². The van der Waals surface area contributed by atoms with Crippen molar-refractivity contribution in [1.29, 1.82) is 5.41 Å². The van der Waals surface area contributed by atoms with Crippen LogP contribution in [0, 0.1) is 5.41 Å². The molecule has 7 nitrogen and oxygen atoms in total. The first-order valence-corrected chi connectivity index (χ1v) is 5.09. The number of nitrogens with zero attached hydrogens (tertiary/aromatic N) is 2. The van der Waals surface area contributed by atoms with Gasteiger partial charge < -0.3 is 16.2 Å². The lowest BCUT2D eigenvalue weighted by molar-refractivity contribution is -0.274. The van der Waals surface area contributed by atoms with Crippen LogP contribution in [0.15, 0.2) is 34.5 Å². The summed E-state index contributed by atoms with van der Waals surface area (Å²) < 4.78 is 39.4. The molecule has 20 heavy (non-hydrogen) atoms. The molecule has 108 valence electrons. The minimum atomic E-state index is -4.78. The van der Waals surface area contributed by atoms with E-state index in [0.29, 0.717) is 0 Å². The minimum Gasteiger partial charge on any atom is -0.406 e. The largest absolute Gasteiger partial charge is 0.573 e. The van der Waals surface area contributed by atoms with Gasteiger partial charge in [0, 0.05) is 0 Å². The predicted molar refractivity (Wildman–Crippen MR) is 62.5 cm³/mol. The lowest BCUT2D eigenvalue weighted by atomic mass is 10.3. The number of primary amides is 1. The second-order valence-corrected chi connectivity index (χ2v) is 3.52. The lowest BCUT2D eigenvalue weighted by Gasteiger charge is -2.08. The van der Waals surface area contributed by atoms with Crippen molar-refractivity contribution in [3.8, 4) is 5.75 Å². The standard InChI is InChI=1S/C10H10F3N5O2/c11-10(12,13)20-6-3-1-5(2-4-6)17-18-7(8(14)15)9(16)19/h1-4,7H,(H3,14,15)(H2,16,19)/t7-/m0/s1. The van der Waals surface area contributed by atoms with E-state index in [0.717, 1.165) is 12.1 Å². The number of hydrogen-bond acceptors (Lipinski definition) is 5. The van der Waals surface area contributed by atoms with Crippen LogP contribution < -0.4 is 16.2 Å². The average Bonchev–Trinajstić information content (AvgIpc) is 2.28. The van der Waals surface area contributed by atoms with Gasteiger partial charge >= 0.3 is 6.36 Å². The van der Waals surface area contributed by atoms with Crippen LogP contribution >= 0.6 is 0 Å². The molecule has 0 bridgehead atoms. The summed E-state index contributed by atoms with van der Waals surface area (Å²) in [5.41, 5.74) is 10.2. The fourth-order valence-corrected chi connectivity index (χ4v) is 1.11. The first-order chi connectivity index (χ1) is 9.19. The van der Waals surface area contributed by atoms with Gasteiger partial charge in [-0.05, 0) is 24.3 Å². The van der Waals surface area contributed by atoms with Gasteiger partial charge in [-0.2, -0.15) is 10.2 Å². The summed E-state index contributed by atoms with van der Waals surface area (Å²) in [5, 5.41) is 14.0. The number of nitrogens with one attached hydrogen (secondary N) is 1. The molecule has 1 amide bonds. The summed E-state index contributed by atoms with van der Waals surface area (Å²) in [6.45, 7) is 0. The highest BCUT2D eigenvalue weighted by atomic mass is 19.4. The smallest absolute Gasteiger partial charge is 0.406 e. The third-order valence-corrected chi connectivity index (χ3v) is 1.92. The summed E-state index contributed by atoms with van der Waals surface area (Å²) >= 11 is 0. The molecule has 1 atom stereocenters.